The predicted molar refractivity (Wildman–Crippen MR) is 76.1 cm³/mol. The van der Waals surface area contributed by atoms with Gasteiger partial charge in [0, 0.05) is 0 Å². The Hall–Kier alpha value is -2.16. The number of benzene rings is 2. The summed E-state index contributed by atoms with van der Waals surface area (Å²) in [5, 5.41) is 9.35. The summed E-state index contributed by atoms with van der Waals surface area (Å²) in [7, 11) is 0. The molecular formula is C17H17FO2. The maximum atomic E-state index is 12.9. The van der Waals surface area contributed by atoms with E-state index in [0.29, 0.717) is 12.8 Å². The van der Waals surface area contributed by atoms with Gasteiger partial charge < -0.3 is 5.11 Å². The number of carbonyl (C=O) groups is 1. The van der Waals surface area contributed by atoms with Crippen molar-refractivity contribution in [1.82, 2.24) is 0 Å². The van der Waals surface area contributed by atoms with Gasteiger partial charge in [-0.15, -0.1) is 0 Å². The Kier molecular flexibility index (Phi) is 4.51. The van der Waals surface area contributed by atoms with Gasteiger partial charge in [-0.1, -0.05) is 42.0 Å². The Bertz CT molecular complexity index is 590. The fourth-order valence-electron chi connectivity index (χ4n) is 2.28. The first-order chi connectivity index (χ1) is 9.54. The van der Waals surface area contributed by atoms with Crippen LogP contribution in [0, 0.1) is 18.7 Å². The highest BCUT2D eigenvalue weighted by Crippen LogP contribution is 2.16. The molecule has 2 aromatic carbocycles. The summed E-state index contributed by atoms with van der Waals surface area (Å²) in [6.45, 7) is 1.99. The highest BCUT2D eigenvalue weighted by molar-refractivity contribution is 5.70. The zero-order chi connectivity index (χ0) is 14.5. The van der Waals surface area contributed by atoms with Crippen LogP contribution in [0.5, 0.6) is 0 Å². The van der Waals surface area contributed by atoms with Crippen molar-refractivity contribution in [2.45, 2.75) is 19.8 Å². The van der Waals surface area contributed by atoms with Crippen LogP contribution >= 0.6 is 0 Å². The summed E-state index contributed by atoms with van der Waals surface area (Å²) < 4.78 is 12.9. The Morgan fingerprint density at radius 2 is 1.75 bits per heavy atom. The van der Waals surface area contributed by atoms with Crippen molar-refractivity contribution < 1.29 is 14.3 Å². The quantitative estimate of drug-likeness (QED) is 0.902. The highest BCUT2D eigenvalue weighted by atomic mass is 19.1. The minimum Gasteiger partial charge on any atom is -0.481 e. The molecule has 1 atom stereocenters. The number of carboxylic acids is 1. The molecule has 0 spiro atoms. The first-order valence-electron chi connectivity index (χ1n) is 6.57. The molecule has 104 valence electrons. The zero-order valence-corrected chi connectivity index (χ0v) is 11.3. The smallest absolute Gasteiger partial charge is 0.307 e. The van der Waals surface area contributed by atoms with E-state index >= 15 is 0 Å². The number of hydrogen-bond donors (Lipinski definition) is 1. The molecule has 0 aliphatic carbocycles. The lowest BCUT2D eigenvalue weighted by atomic mass is 9.92. The third kappa shape index (κ3) is 3.92. The molecule has 0 saturated heterocycles. The molecule has 2 aromatic rings. The van der Waals surface area contributed by atoms with E-state index in [-0.39, 0.29) is 5.82 Å². The van der Waals surface area contributed by atoms with Gasteiger partial charge in [-0.05, 0) is 43.0 Å². The SMILES string of the molecule is Cc1cccc(CC(Cc2ccc(F)cc2)C(=O)O)c1. The Labute approximate surface area is 117 Å². The molecule has 3 heteroatoms. The summed E-state index contributed by atoms with van der Waals surface area (Å²) in [5.74, 6) is -1.63. The summed E-state index contributed by atoms with van der Waals surface area (Å²) in [5.41, 5.74) is 2.97. The molecule has 0 radical (unpaired) electrons. The van der Waals surface area contributed by atoms with Gasteiger partial charge in [-0.2, -0.15) is 0 Å². The van der Waals surface area contributed by atoms with E-state index in [2.05, 4.69) is 0 Å². The average molecular weight is 272 g/mol. The maximum Gasteiger partial charge on any atom is 0.307 e. The minimum atomic E-state index is -0.823. The standard InChI is InChI=1S/C17H17FO2/c1-12-3-2-4-14(9-12)11-15(17(19)20)10-13-5-7-16(18)8-6-13/h2-9,15H,10-11H2,1H3,(H,19,20). The van der Waals surface area contributed by atoms with E-state index in [4.69, 9.17) is 0 Å². The monoisotopic (exact) mass is 272 g/mol. The fourth-order valence-corrected chi connectivity index (χ4v) is 2.28. The predicted octanol–water partition coefficient (Wildman–Crippen LogP) is 3.62. The lowest BCUT2D eigenvalue weighted by Crippen LogP contribution is -2.19. The molecule has 0 saturated carbocycles. The van der Waals surface area contributed by atoms with Crippen LogP contribution in [0.25, 0.3) is 0 Å². The molecule has 0 amide bonds. The van der Waals surface area contributed by atoms with Crippen LogP contribution < -0.4 is 0 Å². The van der Waals surface area contributed by atoms with Gasteiger partial charge in [-0.25, -0.2) is 4.39 Å². The van der Waals surface area contributed by atoms with Crippen molar-refractivity contribution >= 4 is 5.97 Å². The number of carboxylic acid groups (broad SMARTS) is 1. The van der Waals surface area contributed by atoms with Gasteiger partial charge in [0.05, 0.1) is 5.92 Å². The Morgan fingerprint density at radius 1 is 1.10 bits per heavy atom. The number of aryl methyl sites for hydroxylation is 1. The van der Waals surface area contributed by atoms with E-state index in [0.717, 1.165) is 16.7 Å². The van der Waals surface area contributed by atoms with Crippen LogP contribution in [-0.4, -0.2) is 11.1 Å². The van der Waals surface area contributed by atoms with E-state index in [9.17, 15) is 14.3 Å². The molecule has 2 nitrogen and oxygen atoms in total. The van der Waals surface area contributed by atoms with Crippen molar-refractivity contribution in [1.29, 1.82) is 0 Å². The molecule has 0 bridgehead atoms. The number of rotatable bonds is 5. The number of aliphatic carboxylic acids is 1. The second-order valence-corrected chi connectivity index (χ2v) is 5.06. The second kappa shape index (κ2) is 6.33. The molecule has 0 aliphatic heterocycles. The fraction of sp³-hybridized carbons (Fsp3) is 0.235. The lowest BCUT2D eigenvalue weighted by molar-refractivity contribution is -0.141. The molecule has 20 heavy (non-hydrogen) atoms. The van der Waals surface area contributed by atoms with Crippen molar-refractivity contribution in [3.8, 4) is 0 Å². The van der Waals surface area contributed by atoms with Crippen LogP contribution in [0.1, 0.15) is 16.7 Å². The molecular weight excluding hydrogens is 255 g/mol. The summed E-state index contributed by atoms with van der Waals surface area (Å²) in [6.07, 6.45) is 0.887. The Balaban J connectivity index is 2.11. The molecule has 0 aliphatic rings. The van der Waals surface area contributed by atoms with Gasteiger partial charge in [-0.3, -0.25) is 4.79 Å². The first kappa shape index (κ1) is 14.3. The molecule has 0 fully saturated rings. The van der Waals surface area contributed by atoms with Gasteiger partial charge in [0.2, 0.25) is 0 Å². The second-order valence-electron chi connectivity index (χ2n) is 5.06. The van der Waals surface area contributed by atoms with Crippen molar-refractivity contribution in [3.05, 3.63) is 71.0 Å². The van der Waals surface area contributed by atoms with Gasteiger partial charge >= 0.3 is 5.97 Å². The summed E-state index contributed by atoms with van der Waals surface area (Å²) in [4.78, 5) is 11.4. The average Bonchev–Trinajstić information content (AvgIpc) is 2.40. The van der Waals surface area contributed by atoms with Crippen LogP contribution in [-0.2, 0) is 17.6 Å². The van der Waals surface area contributed by atoms with Crippen LogP contribution in [0.15, 0.2) is 48.5 Å². The molecule has 2 rings (SSSR count). The molecule has 1 unspecified atom stereocenters. The van der Waals surface area contributed by atoms with Crippen LogP contribution in [0.4, 0.5) is 4.39 Å². The van der Waals surface area contributed by atoms with Gasteiger partial charge in [0.15, 0.2) is 0 Å². The molecule has 0 heterocycles. The van der Waals surface area contributed by atoms with Crippen LogP contribution in [0.2, 0.25) is 0 Å². The summed E-state index contributed by atoms with van der Waals surface area (Å²) >= 11 is 0. The maximum absolute atomic E-state index is 12.9. The van der Waals surface area contributed by atoms with Gasteiger partial charge in [0.25, 0.3) is 0 Å². The normalized spacial score (nSPS) is 12.1. The van der Waals surface area contributed by atoms with E-state index in [1.807, 2.05) is 31.2 Å². The Morgan fingerprint density at radius 3 is 2.35 bits per heavy atom. The topological polar surface area (TPSA) is 37.3 Å². The van der Waals surface area contributed by atoms with Crippen LogP contribution in [0.3, 0.4) is 0 Å². The van der Waals surface area contributed by atoms with E-state index in [1.54, 1.807) is 12.1 Å². The summed E-state index contributed by atoms with van der Waals surface area (Å²) in [6, 6.07) is 13.9. The third-order valence-electron chi connectivity index (χ3n) is 3.31. The van der Waals surface area contributed by atoms with Crippen molar-refractivity contribution in [3.63, 3.8) is 0 Å². The lowest BCUT2D eigenvalue weighted by Gasteiger charge is -2.13. The minimum absolute atomic E-state index is 0.306. The first-order valence-corrected chi connectivity index (χ1v) is 6.57. The highest BCUT2D eigenvalue weighted by Gasteiger charge is 2.18. The third-order valence-corrected chi connectivity index (χ3v) is 3.31. The van der Waals surface area contributed by atoms with Gasteiger partial charge in [0.1, 0.15) is 5.82 Å². The molecule has 1 N–H and O–H groups in total. The number of halogens is 1. The van der Waals surface area contributed by atoms with E-state index in [1.165, 1.54) is 12.1 Å². The zero-order valence-electron chi connectivity index (χ0n) is 11.3. The number of hydrogen-bond acceptors (Lipinski definition) is 1. The molecule has 0 aromatic heterocycles. The van der Waals surface area contributed by atoms with Crippen molar-refractivity contribution in [2.75, 3.05) is 0 Å². The van der Waals surface area contributed by atoms with Crippen molar-refractivity contribution in [2.24, 2.45) is 5.92 Å². The largest absolute Gasteiger partial charge is 0.481 e. The van der Waals surface area contributed by atoms with E-state index < -0.39 is 11.9 Å².